The number of benzene rings is 2. The summed E-state index contributed by atoms with van der Waals surface area (Å²) in [5.41, 5.74) is 2.28. The van der Waals surface area contributed by atoms with E-state index in [0.717, 1.165) is 11.1 Å². The summed E-state index contributed by atoms with van der Waals surface area (Å²) in [5, 5.41) is 11.8. The van der Waals surface area contributed by atoms with Gasteiger partial charge in [0.1, 0.15) is 12.4 Å². The van der Waals surface area contributed by atoms with Gasteiger partial charge in [-0.25, -0.2) is 4.79 Å². The van der Waals surface area contributed by atoms with Crippen molar-refractivity contribution in [3.05, 3.63) is 64.7 Å². The molecule has 0 aliphatic heterocycles. The van der Waals surface area contributed by atoms with Gasteiger partial charge in [0, 0.05) is 24.3 Å². The van der Waals surface area contributed by atoms with Gasteiger partial charge in [0.2, 0.25) is 0 Å². The number of carboxylic acid groups (broad SMARTS) is 1. The van der Waals surface area contributed by atoms with Crippen LogP contribution < -0.4 is 10.1 Å². The molecule has 1 amide bonds. The molecule has 2 aromatic rings. The monoisotopic (exact) mass is 357 g/mol. The molecule has 0 spiro atoms. The van der Waals surface area contributed by atoms with E-state index in [1.54, 1.807) is 12.1 Å². The van der Waals surface area contributed by atoms with Crippen molar-refractivity contribution in [2.75, 3.05) is 19.8 Å². The highest BCUT2D eigenvalue weighted by Gasteiger charge is 2.11. The Hall–Kier alpha value is -2.86. The van der Waals surface area contributed by atoms with Crippen LogP contribution in [0.3, 0.4) is 0 Å². The second-order valence-electron chi connectivity index (χ2n) is 5.73. The number of nitrogens with one attached hydrogen (secondary N) is 1. The highest BCUT2D eigenvalue weighted by atomic mass is 16.5. The summed E-state index contributed by atoms with van der Waals surface area (Å²) in [6, 6.07) is 11.7. The second-order valence-corrected chi connectivity index (χ2v) is 5.73. The van der Waals surface area contributed by atoms with E-state index >= 15 is 0 Å². The van der Waals surface area contributed by atoms with Crippen molar-refractivity contribution >= 4 is 11.9 Å². The minimum absolute atomic E-state index is 0.0768. The van der Waals surface area contributed by atoms with E-state index in [4.69, 9.17) is 14.6 Å². The lowest BCUT2D eigenvalue weighted by Gasteiger charge is -2.13. The second kappa shape index (κ2) is 9.58. The molecule has 0 aliphatic carbocycles. The molecule has 0 unspecified atom stereocenters. The van der Waals surface area contributed by atoms with Gasteiger partial charge >= 0.3 is 5.97 Å². The summed E-state index contributed by atoms with van der Waals surface area (Å²) in [6.45, 7) is 5.73. The number of carbonyl (C=O) groups is 2. The molecular formula is C20H23NO5. The molecule has 26 heavy (non-hydrogen) atoms. The number of carboxylic acids is 1. The lowest BCUT2D eigenvalue weighted by molar-refractivity contribution is 0.0697. The zero-order valence-corrected chi connectivity index (χ0v) is 15.0. The Labute approximate surface area is 152 Å². The van der Waals surface area contributed by atoms with E-state index < -0.39 is 5.97 Å². The Balaban J connectivity index is 2.03. The molecule has 2 rings (SSSR count). The van der Waals surface area contributed by atoms with Gasteiger partial charge in [-0.3, -0.25) is 4.79 Å². The van der Waals surface area contributed by atoms with Crippen LogP contribution in [0.4, 0.5) is 0 Å². The van der Waals surface area contributed by atoms with E-state index in [2.05, 4.69) is 5.32 Å². The van der Waals surface area contributed by atoms with Crippen molar-refractivity contribution in [3.8, 4) is 5.75 Å². The van der Waals surface area contributed by atoms with Gasteiger partial charge in [0.15, 0.2) is 0 Å². The molecule has 0 bridgehead atoms. The third kappa shape index (κ3) is 5.60. The fraction of sp³-hybridized carbons (Fsp3) is 0.300. The van der Waals surface area contributed by atoms with E-state index in [-0.39, 0.29) is 18.0 Å². The minimum atomic E-state index is -1.07. The molecule has 0 fully saturated rings. The molecule has 0 aliphatic rings. The molecule has 6 heteroatoms. The maximum absolute atomic E-state index is 12.3. The molecular weight excluding hydrogens is 334 g/mol. The predicted octanol–water partition coefficient (Wildman–Crippen LogP) is 3.04. The van der Waals surface area contributed by atoms with Crippen molar-refractivity contribution in [2.45, 2.75) is 20.4 Å². The normalized spacial score (nSPS) is 10.4. The Morgan fingerprint density at radius 2 is 1.85 bits per heavy atom. The van der Waals surface area contributed by atoms with Crippen molar-refractivity contribution in [2.24, 2.45) is 0 Å². The Kier molecular flexibility index (Phi) is 7.17. The largest absolute Gasteiger partial charge is 0.491 e. The van der Waals surface area contributed by atoms with Crippen LogP contribution in [-0.2, 0) is 11.3 Å². The summed E-state index contributed by atoms with van der Waals surface area (Å²) in [4.78, 5) is 23.3. The first kappa shape index (κ1) is 19.5. The first-order valence-corrected chi connectivity index (χ1v) is 8.43. The van der Waals surface area contributed by atoms with Crippen LogP contribution in [-0.4, -0.2) is 36.8 Å². The fourth-order valence-electron chi connectivity index (χ4n) is 2.37. The zero-order chi connectivity index (χ0) is 18.9. The minimum Gasteiger partial charge on any atom is -0.491 e. The average molecular weight is 357 g/mol. The van der Waals surface area contributed by atoms with Crippen LogP contribution >= 0.6 is 0 Å². The van der Waals surface area contributed by atoms with Crippen molar-refractivity contribution < 1.29 is 24.2 Å². The standard InChI is InChI=1S/C20H23NO5/c1-3-25-9-10-26-18-11-14(2)7-8-17(18)13-21-19(22)15-5-4-6-16(12-15)20(23)24/h4-8,11-12H,3,9-10,13H2,1-2H3,(H,21,22)(H,23,24). The summed E-state index contributed by atoms with van der Waals surface area (Å²) < 4.78 is 11.0. The average Bonchev–Trinajstić information content (AvgIpc) is 2.64. The summed E-state index contributed by atoms with van der Waals surface area (Å²) in [6.07, 6.45) is 0. The highest BCUT2D eigenvalue weighted by molar-refractivity contribution is 5.97. The van der Waals surface area contributed by atoms with Crippen molar-refractivity contribution in [1.29, 1.82) is 0 Å². The van der Waals surface area contributed by atoms with Gasteiger partial charge in [-0.2, -0.15) is 0 Å². The zero-order valence-electron chi connectivity index (χ0n) is 15.0. The molecule has 2 aromatic carbocycles. The Morgan fingerprint density at radius 1 is 1.08 bits per heavy atom. The Morgan fingerprint density at radius 3 is 2.58 bits per heavy atom. The lowest BCUT2D eigenvalue weighted by Crippen LogP contribution is -2.23. The fourth-order valence-corrected chi connectivity index (χ4v) is 2.37. The van der Waals surface area contributed by atoms with Crippen LogP contribution in [0.5, 0.6) is 5.75 Å². The van der Waals surface area contributed by atoms with E-state index in [1.807, 2.05) is 32.0 Å². The number of rotatable bonds is 9. The number of ether oxygens (including phenoxy) is 2. The van der Waals surface area contributed by atoms with E-state index in [1.165, 1.54) is 12.1 Å². The molecule has 0 aromatic heterocycles. The summed E-state index contributed by atoms with van der Waals surface area (Å²) >= 11 is 0. The lowest BCUT2D eigenvalue weighted by atomic mass is 10.1. The molecule has 0 radical (unpaired) electrons. The topological polar surface area (TPSA) is 84.9 Å². The maximum Gasteiger partial charge on any atom is 0.335 e. The SMILES string of the molecule is CCOCCOc1cc(C)ccc1CNC(=O)c1cccc(C(=O)O)c1. The molecule has 0 atom stereocenters. The van der Waals surface area contributed by atoms with Crippen molar-refractivity contribution in [3.63, 3.8) is 0 Å². The third-order valence-electron chi connectivity index (χ3n) is 3.72. The van der Waals surface area contributed by atoms with Crippen LogP contribution in [0, 0.1) is 6.92 Å². The Bertz CT molecular complexity index is 773. The number of aryl methyl sites for hydroxylation is 1. The number of hydrogen-bond acceptors (Lipinski definition) is 4. The van der Waals surface area contributed by atoms with Gasteiger partial charge < -0.3 is 19.9 Å². The molecule has 138 valence electrons. The number of carbonyl (C=O) groups excluding carboxylic acids is 1. The van der Waals surface area contributed by atoms with Crippen LogP contribution in [0.1, 0.15) is 38.8 Å². The molecule has 0 saturated heterocycles. The maximum atomic E-state index is 12.3. The first-order chi connectivity index (χ1) is 12.5. The van der Waals surface area contributed by atoms with Crippen molar-refractivity contribution in [1.82, 2.24) is 5.32 Å². The number of aromatic carboxylic acids is 1. The number of hydrogen-bond donors (Lipinski definition) is 2. The van der Waals surface area contributed by atoms with Gasteiger partial charge in [0.25, 0.3) is 5.91 Å². The van der Waals surface area contributed by atoms with Gasteiger partial charge in [-0.15, -0.1) is 0 Å². The van der Waals surface area contributed by atoms with Crippen LogP contribution in [0.15, 0.2) is 42.5 Å². The van der Waals surface area contributed by atoms with E-state index in [9.17, 15) is 9.59 Å². The highest BCUT2D eigenvalue weighted by Crippen LogP contribution is 2.20. The molecule has 0 saturated carbocycles. The van der Waals surface area contributed by atoms with Gasteiger partial charge in [0.05, 0.1) is 12.2 Å². The summed E-state index contributed by atoms with van der Waals surface area (Å²) in [5.74, 6) is -0.707. The van der Waals surface area contributed by atoms with Gasteiger partial charge in [-0.05, 0) is 43.7 Å². The summed E-state index contributed by atoms with van der Waals surface area (Å²) in [7, 11) is 0. The quantitative estimate of drug-likeness (QED) is 0.674. The van der Waals surface area contributed by atoms with Crippen LogP contribution in [0.2, 0.25) is 0 Å². The van der Waals surface area contributed by atoms with Crippen LogP contribution in [0.25, 0.3) is 0 Å². The first-order valence-electron chi connectivity index (χ1n) is 8.43. The number of amides is 1. The smallest absolute Gasteiger partial charge is 0.335 e. The van der Waals surface area contributed by atoms with Gasteiger partial charge in [-0.1, -0.05) is 18.2 Å². The molecule has 0 heterocycles. The third-order valence-corrected chi connectivity index (χ3v) is 3.72. The predicted molar refractivity (Wildman–Crippen MR) is 97.7 cm³/mol. The van der Waals surface area contributed by atoms with E-state index in [0.29, 0.717) is 31.1 Å². The molecule has 2 N–H and O–H groups in total. The molecule has 6 nitrogen and oxygen atoms in total.